The molecule has 0 heterocycles. The van der Waals surface area contributed by atoms with Gasteiger partial charge in [-0.2, -0.15) is 0 Å². The maximum Gasteiger partial charge on any atom is 0.306 e. The molecule has 0 N–H and O–H groups in total. The molecule has 0 saturated heterocycles. The molecule has 2 heteroatoms. The molecular weight excluding hydrogens is 248 g/mol. The molecule has 0 aromatic heterocycles. The quantitative estimate of drug-likeness (QED) is 0.228. The summed E-state index contributed by atoms with van der Waals surface area (Å²) in [5.74, 6) is -0.0797. The summed E-state index contributed by atoms with van der Waals surface area (Å²) in [5, 5.41) is 0. The van der Waals surface area contributed by atoms with E-state index in [1.807, 2.05) is 6.92 Å². The predicted molar refractivity (Wildman–Crippen MR) is 86.9 cm³/mol. The molecule has 0 aliphatic heterocycles. The van der Waals surface area contributed by atoms with E-state index in [2.05, 4.69) is 13.5 Å². The average Bonchev–Trinajstić information content (AvgIpc) is 2.42. The largest absolute Gasteiger partial charge is 0.461 e. The zero-order valence-electron chi connectivity index (χ0n) is 13.7. The van der Waals surface area contributed by atoms with E-state index in [9.17, 15) is 4.79 Å². The third kappa shape index (κ3) is 15.3. The zero-order chi connectivity index (χ0) is 15.1. The Morgan fingerprint density at radius 1 is 0.850 bits per heavy atom. The van der Waals surface area contributed by atoms with Crippen molar-refractivity contribution in [3.63, 3.8) is 0 Å². The molecule has 2 nitrogen and oxygen atoms in total. The second kappa shape index (κ2) is 14.6. The van der Waals surface area contributed by atoms with Gasteiger partial charge in [0.25, 0.3) is 0 Å². The number of unbranched alkanes of at least 4 members (excludes halogenated alkanes) is 10. The molecule has 0 aromatic carbocycles. The van der Waals surface area contributed by atoms with Crippen molar-refractivity contribution >= 4 is 5.97 Å². The van der Waals surface area contributed by atoms with E-state index >= 15 is 0 Å². The standard InChI is InChI=1S/C18H34O2/c1-4-5-6-7-8-9-10-11-12-13-14-15-18(19)20-16-17(2)3/h2,4-16H2,1,3H3. The average molecular weight is 282 g/mol. The molecule has 0 spiro atoms. The number of rotatable bonds is 14. The Bertz CT molecular complexity index is 246. The molecule has 0 aromatic rings. The highest BCUT2D eigenvalue weighted by molar-refractivity contribution is 5.69. The minimum absolute atomic E-state index is 0.0797. The first-order valence-electron chi connectivity index (χ1n) is 8.46. The molecule has 0 aliphatic rings. The number of esters is 1. The summed E-state index contributed by atoms with van der Waals surface area (Å²) in [6.45, 7) is 8.21. The lowest BCUT2D eigenvalue weighted by Crippen LogP contribution is -2.05. The van der Waals surface area contributed by atoms with E-state index in [4.69, 9.17) is 4.74 Å². The van der Waals surface area contributed by atoms with Crippen molar-refractivity contribution in [2.75, 3.05) is 6.61 Å². The van der Waals surface area contributed by atoms with Crippen molar-refractivity contribution in [2.24, 2.45) is 0 Å². The van der Waals surface area contributed by atoms with Gasteiger partial charge in [0.1, 0.15) is 6.61 Å². The molecule has 0 rings (SSSR count). The monoisotopic (exact) mass is 282 g/mol. The van der Waals surface area contributed by atoms with Gasteiger partial charge in [-0.15, -0.1) is 0 Å². The van der Waals surface area contributed by atoms with Crippen molar-refractivity contribution < 1.29 is 9.53 Å². The van der Waals surface area contributed by atoms with Crippen LogP contribution in [0.4, 0.5) is 0 Å². The van der Waals surface area contributed by atoms with Crippen molar-refractivity contribution in [1.82, 2.24) is 0 Å². The van der Waals surface area contributed by atoms with Gasteiger partial charge >= 0.3 is 5.97 Å². The second-order valence-corrected chi connectivity index (χ2v) is 5.90. The summed E-state index contributed by atoms with van der Waals surface area (Å²) < 4.78 is 5.06. The fourth-order valence-electron chi connectivity index (χ4n) is 2.21. The van der Waals surface area contributed by atoms with Crippen LogP contribution in [-0.2, 0) is 9.53 Å². The first-order chi connectivity index (χ1) is 9.66. The lowest BCUT2D eigenvalue weighted by atomic mass is 10.1. The van der Waals surface area contributed by atoms with Gasteiger partial charge in [-0.3, -0.25) is 4.79 Å². The first-order valence-corrected chi connectivity index (χ1v) is 8.46. The van der Waals surface area contributed by atoms with E-state index in [-0.39, 0.29) is 5.97 Å². The third-order valence-electron chi connectivity index (χ3n) is 3.46. The van der Waals surface area contributed by atoms with Crippen LogP contribution in [0.2, 0.25) is 0 Å². The molecule has 0 atom stereocenters. The van der Waals surface area contributed by atoms with Crippen LogP contribution in [-0.4, -0.2) is 12.6 Å². The summed E-state index contributed by atoms with van der Waals surface area (Å²) in [5.41, 5.74) is 0.900. The van der Waals surface area contributed by atoms with E-state index in [1.54, 1.807) is 0 Å². The number of carbonyl (C=O) groups is 1. The van der Waals surface area contributed by atoms with Crippen LogP contribution in [0.15, 0.2) is 12.2 Å². The summed E-state index contributed by atoms with van der Waals surface area (Å²) in [6, 6.07) is 0. The van der Waals surface area contributed by atoms with Gasteiger partial charge in [0.2, 0.25) is 0 Å². The molecule has 0 aliphatic carbocycles. The molecule has 0 unspecified atom stereocenters. The molecule has 0 bridgehead atoms. The Balaban J connectivity index is 3.12. The topological polar surface area (TPSA) is 26.3 Å². The molecular formula is C18H34O2. The van der Waals surface area contributed by atoms with Crippen molar-refractivity contribution in [1.29, 1.82) is 0 Å². The fraction of sp³-hybridized carbons (Fsp3) is 0.833. The van der Waals surface area contributed by atoms with Crippen LogP contribution in [0.1, 0.15) is 90.9 Å². The van der Waals surface area contributed by atoms with Gasteiger partial charge in [-0.25, -0.2) is 0 Å². The SMILES string of the molecule is C=C(C)COC(=O)CCCCCCCCCCCCC. The van der Waals surface area contributed by atoms with Gasteiger partial charge < -0.3 is 4.74 Å². The number of ether oxygens (including phenoxy) is 1. The summed E-state index contributed by atoms with van der Waals surface area (Å²) >= 11 is 0. The summed E-state index contributed by atoms with van der Waals surface area (Å²) in [6.07, 6.45) is 14.9. The Morgan fingerprint density at radius 3 is 1.75 bits per heavy atom. The fourth-order valence-corrected chi connectivity index (χ4v) is 2.21. The number of hydrogen-bond donors (Lipinski definition) is 0. The highest BCUT2D eigenvalue weighted by Gasteiger charge is 2.02. The van der Waals surface area contributed by atoms with Crippen LogP contribution >= 0.6 is 0 Å². The molecule has 20 heavy (non-hydrogen) atoms. The van der Waals surface area contributed by atoms with Crippen LogP contribution in [0, 0.1) is 0 Å². The van der Waals surface area contributed by atoms with E-state index in [0.717, 1.165) is 18.4 Å². The molecule has 0 saturated carbocycles. The van der Waals surface area contributed by atoms with Crippen molar-refractivity contribution in [2.45, 2.75) is 90.9 Å². The summed E-state index contributed by atoms with van der Waals surface area (Å²) in [4.78, 5) is 11.3. The molecule has 0 amide bonds. The lowest BCUT2D eigenvalue weighted by molar-refractivity contribution is -0.142. The van der Waals surface area contributed by atoms with Crippen LogP contribution in [0.25, 0.3) is 0 Å². The van der Waals surface area contributed by atoms with Crippen LogP contribution < -0.4 is 0 Å². The first kappa shape index (κ1) is 19.2. The van der Waals surface area contributed by atoms with Gasteiger partial charge in [-0.1, -0.05) is 77.7 Å². The summed E-state index contributed by atoms with van der Waals surface area (Å²) in [7, 11) is 0. The maximum atomic E-state index is 11.3. The third-order valence-corrected chi connectivity index (χ3v) is 3.46. The highest BCUT2D eigenvalue weighted by atomic mass is 16.5. The van der Waals surface area contributed by atoms with Gasteiger partial charge in [0, 0.05) is 6.42 Å². The number of hydrogen-bond acceptors (Lipinski definition) is 2. The van der Waals surface area contributed by atoms with Crippen molar-refractivity contribution in [3.05, 3.63) is 12.2 Å². The smallest absolute Gasteiger partial charge is 0.306 e. The maximum absolute atomic E-state index is 11.3. The Morgan fingerprint density at radius 2 is 1.30 bits per heavy atom. The normalized spacial score (nSPS) is 10.5. The molecule has 0 fully saturated rings. The minimum atomic E-state index is -0.0797. The molecule has 0 radical (unpaired) electrons. The lowest BCUT2D eigenvalue weighted by Gasteiger charge is -2.04. The predicted octanol–water partition coefficient (Wildman–Crippen LogP) is 5.81. The van der Waals surface area contributed by atoms with Crippen LogP contribution in [0.3, 0.4) is 0 Å². The van der Waals surface area contributed by atoms with Gasteiger partial charge in [-0.05, 0) is 18.9 Å². The molecule has 118 valence electrons. The second-order valence-electron chi connectivity index (χ2n) is 5.90. The van der Waals surface area contributed by atoms with Gasteiger partial charge in [0.15, 0.2) is 0 Å². The van der Waals surface area contributed by atoms with Gasteiger partial charge in [0.05, 0.1) is 0 Å². The Labute approximate surface area is 126 Å². The minimum Gasteiger partial charge on any atom is -0.461 e. The van der Waals surface area contributed by atoms with Crippen molar-refractivity contribution in [3.8, 4) is 0 Å². The van der Waals surface area contributed by atoms with E-state index < -0.39 is 0 Å². The number of carbonyl (C=O) groups excluding carboxylic acids is 1. The van der Waals surface area contributed by atoms with Crippen LogP contribution in [0.5, 0.6) is 0 Å². The van der Waals surface area contributed by atoms with E-state index in [0.29, 0.717) is 13.0 Å². The Kier molecular flexibility index (Phi) is 14.0. The Hall–Kier alpha value is -0.790. The highest BCUT2D eigenvalue weighted by Crippen LogP contribution is 2.12. The zero-order valence-corrected chi connectivity index (χ0v) is 13.7. The van der Waals surface area contributed by atoms with E-state index in [1.165, 1.54) is 57.8 Å².